The van der Waals surface area contributed by atoms with Crippen molar-refractivity contribution in [2.75, 3.05) is 13.1 Å². The Morgan fingerprint density at radius 1 is 1.09 bits per heavy atom. The average molecular weight is 496 g/mol. The summed E-state index contributed by atoms with van der Waals surface area (Å²) in [5.74, 6) is 0.646. The van der Waals surface area contributed by atoms with Gasteiger partial charge in [-0.05, 0) is 30.7 Å². The third-order valence-corrected chi connectivity index (χ3v) is 7.73. The van der Waals surface area contributed by atoms with E-state index in [0.29, 0.717) is 36.2 Å². The molecule has 1 aliphatic heterocycles. The van der Waals surface area contributed by atoms with E-state index >= 15 is 0 Å². The van der Waals surface area contributed by atoms with Gasteiger partial charge in [-0.3, -0.25) is 0 Å². The van der Waals surface area contributed by atoms with Crippen LogP contribution in [-0.4, -0.2) is 31.9 Å². The maximum absolute atomic E-state index is 13.2. The number of benzene rings is 2. The van der Waals surface area contributed by atoms with Crippen molar-refractivity contribution in [1.82, 2.24) is 14.3 Å². The third-order valence-electron chi connectivity index (χ3n) is 5.58. The molecule has 0 amide bonds. The summed E-state index contributed by atoms with van der Waals surface area (Å²) in [7, 11) is -4.12. The van der Waals surface area contributed by atoms with Gasteiger partial charge in [-0.2, -0.15) is 13.2 Å². The van der Waals surface area contributed by atoms with Crippen LogP contribution in [0.25, 0.3) is 11.3 Å². The van der Waals surface area contributed by atoms with Crippen molar-refractivity contribution >= 4 is 22.0 Å². The smallest absolute Gasteiger partial charge is 0.416 e. The summed E-state index contributed by atoms with van der Waals surface area (Å²) >= 11 is 6.02. The predicted molar refractivity (Wildman–Crippen MR) is 119 cm³/mol. The molecule has 4 rings (SSSR count). The molecule has 10 heteroatoms. The van der Waals surface area contributed by atoms with Crippen molar-refractivity contribution in [2.45, 2.75) is 37.3 Å². The molecule has 174 valence electrons. The van der Waals surface area contributed by atoms with Crippen molar-refractivity contribution in [2.24, 2.45) is 0 Å². The molecule has 1 aliphatic rings. The van der Waals surface area contributed by atoms with Crippen LogP contribution in [0.3, 0.4) is 0 Å². The molecule has 1 atom stereocenters. The molecule has 0 bridgehead atoms. The van der Waals surface area contributed by atoms with Gasteiger partial charge in [-0.15, -0.1) is 4.31 Å². The molecule has 0 radical (unpaired) electrons. The van der Waals surface area contributed by atoms with Crippen LogP contribution in [0.5, 0.6) is 0 Å². The van der Waals surface area contributed by atoms with Gasteiger partial charge in [0.05, 0.1) is 11.3 Å². The molecule has 2 heterocycles. The number of sulfonamides is 1. The van der Waals surface area contributed by atoms with Gasteiger partial charge in [0, 0.05) is 53.8 Å². The molecular formula is C23H21ClF3N3O2S. The maximum Gasteiger partial charge on any atom is 0.416 e. The molecule has 33 heavy (non-hydrogen) atoms. The highest BCUT2D eigenvalue weighted by molar-refractivity contribution is 7.95. The largest absolute Gasteiger partial charge is 0.593 e. The van der Waals surface area contributed by atoms with E-state index in [4.69, 9.17) is 11.6 Å². The molecule has 0 spiro atoms. The second-order valence-corrected chi connectivity index (χ2v) is 10.1. The molecule has 0 saturated heterocycles. The predicted octanol–water partition coefficient (Wildman–Crippen LogP) is 5.38. The number of hydrogen-bond acceptors (Lipinski definition) is 4. The first-order valence-electron chi connectivity index (χ1n) is 10.4. The molecule has 3 aromatic rings. The Bertz CT molecular complexity index is 1220. The Hall–Kier alpha value is -2.33. The van der Waals surface area contributed by atoms with Crippen LogP contribution in [0.4, 0.5) is 13.2 Å². The molecule has 1 unspecified atom stereocenters. The number of fused-ring (bicyclic) bond motifs is 1. The second-order valence-electron chi connectivity index (χ2n) is 7.70. The van der Waals surface area contributed by atoms with Gasteiger partial charge in [0.25, 0.3) is 0 Å². The van der Waals surface area contributed by atoms with Gasteiger partial charge in [-0.1, -0.05) is 40.9 Å². The van der Waals surface area contributed by atoms with Crippen molar-refractivity contribution in [3.63, 3.8) is 0 Å². The molecule has 0 aliphatic carbocycles. The first-order chi connectivity index (χ1) is 15.6. The van der Waals surface area contributed by atoms with Crippen LogP contribution in [0.1, 0.15) is 29.6 Å². The lowest BCUT2D eigenvalue weighted by molar-refractivity contribution is -0.137. The van der Waals surface area contributed by atoms with E-state index in [1.165, 1.54) is 10.4 Å². The fraction of sp³-hybridized carbons (Fsp3) is 0.304. The minimum atomic E-state index is -4.62. The average Bonchev–Trinajstić information content (AvgIpc) is 3.01. The normalized spacial score (nSPS) is 16.7. The zero-order valence-electron chi connectivity index (χ0n) is 17.7. The first kappa shape index (κ1) is 23.8. The number of halogens is 4. The highest BCUT2D eigenvalue weighted by Crippen LogP contribution is 2.34. The van der Waals surface area contributed by atoms with E-state index < -0.39 is 22.1 Å². The van der Waals surface area contributed by atoms with E-state index in [2.05, 4.69) is 9.97 Å². The second kappa shape index (κ2) is 9.13. The minimum Gasteiger partial charge on any atom is -0.593 e. The van der Waals surface area contributed by atoms with Crippen LogP contribution >= 0.6 is 11.6 Å². The Labute approximate surface area is 196 Å². The molecule has 5 nitrogen and oxygen atoms in total. The van der Waals surface area contributed by atoms with E-state index in [0.717, 1.165) is 34.6 Å². The molecule has 0 saturated carbocycles. The van der Waals surface area contributed by atoms with Crippen LogP contribution in [0.2, 0.25) is 5.02 Å². The minimum absolute atomic E-state index is 0.112. The van der Waals surface area contributed by atoms with Crippen LogP contribution in [-0.2, 0) is 40.0 Å². The number of nitrogens with zero attached hydrogens (tertiary/aromatic N) is 3. The Kier molecular flexibility index (Phi) is 6.59. The van der Waals surface area contributed by atoms with Gasteiger partial charge in [0.1, 0.15) is 5.82 Å². The van der Waals surface area contributed by atoms with Crippen molar-refractivity contribution in [1.29, 1.82) is 0 Å². The van der Waals surface area contributed by atoms with E-state index in [1.807, 2.05) is 19.1 Å². The Morgan fingerprint density at radius 2 is 1.79 bits per heavy atom. The monoisotopic (exact) mass is 495 g/mol. The van der Waals surface area contributed by atoms with Crippen LogP contribution in [0.15, 0.2) is 53.4 Å². The third kappa shape index (κ3) is 4.96. The lowest BCUT2D eigenvalue weighted by atomic mass is 10.0. The summed E-state index contributed by atoms with van der Waals surface area (Å²) in [6, 6.07) is 11.1. The summed E-state index contributed by atoms with van der Waals surface area (Å²) in [5.41, 5.74) is 2.18. The van der Waals surface area contributed by atoms with E-state index in [9.17, 15) is 21.9 Å². The van der Waals surface area contributed by atoms with Gasteiger partial charge in [0.2, 0.25) is 0 Å². The fourth-order valence-corrected chi connectivity index (χ4v) is 5.47. The summed E-state index contributed by atoms with van der Waals surface area (Å²) in [6.07, 6.45) is -3.33. The maximum atomic E-state index is 13.2. The van der Waals surface area contributed by atoms with E-state index in [-0.39, 0.29) is 18.0 Å². The van der Waals surface area contributed by atoms with Crippen LogP contribution < -0.4 is 0 Å². The SMILES string of the molecule is CCc1nc2c(c(-c3ccc(Cl)cc3)n1)CCN([S+](=O)([O-])c1cccc(C(F)(F)F)c1)CC2. The summed E-state index contributed by atoms with van der Waals surface area (Å²) in [5, 5.41) is 0.591. The summed E-state index contributed by atoms with van der Waals surface area (Å²) < 4.78 is 66.9. The molecule has 0 fully saturated rings. The standard InChI is InChI=1S/C23H21ClF3N3O2S/c1-2-21-28-20-11-13-30(33(31,32)18-5-3-4-16(14-18)23(25,26)27)12-10-19(20)22(29-21)15-6-8-17(24)9-7-15/h3-9,14H,2,10-13H2,1H3. The number of rotatable bonds is 4. The highest BCUT2D eigenvalue weighted by atomic mass is 35.5. The molecular weight excluding hydrogens is 475 g/mol. The lowest BCUT2D eigenvalue weighted by Crippen LogP contribution is -2.38. The van der Waals surface area contributed by atoms with Crippen molar-refractivity contribution in [3.8, 4) is 11.3 Å². The van der Waals surface area contributed by atoms with Gasteiger partial charge >= 0.3 is 6.18 Å². The first-order valence-corrected chi connectivity index (χ1v) is 12.2. The lowest BCUT2D eigenvalue weighted by Gasteiger charge is -2.26. The topological polar surface area (TPSA) is 69.2 Å². The zero-order valence-corrected chi connectivity index (χ0v) is 19.3. The number of aromatic nitrogens is 2. The molecule has 1 aromatic heterocycles. The summed E-state index contributed by atoms with van der Waals surface area (Å²) in [4.78, 5) is 8.93. The Morgan fingerprint density at radius 3 is 2.45 bits per heavy atom. The number of aryl methyl sites for hydroxylation is 1. The summed E-state index contributed by atoms with van der Waals surface area (Å²) in [6.45, 7) is 2.17. The molecule has 2 aromatic carbocycles. The van der Waals surface area contributed by atoms with E-state index in [1.54, 1.807) is 12.1 Å². The number of alkyl halides is 3. The Balaban J connectivity index is 1.68. The van der Waals surface area contributed by atoms with Crippen molar-refractivity contribution < 1.29 is 21.9 Å². The number of hydrogen-bond donors (Lipinski definition) is 0. The fourth-order valence-electron chi connectivity index (χ4n) is 3.86. The quantitative estimate of drug-likeness (QED) is 0.455. The molecule has 0 N–H and O–H groups in total. The van der Waals surface area contributed by atoms with Gasteiger partial charge in [-0.25, -0.2) is 9.97 Å². The highest BCUT2D eigenvalue weighted by Gasteiger charge is 2.36. The van der Waals surface area contributed by atoms with Crippen molar-refractivity contribution in [3.05, 3.63) is 76.2 Å². The van der Waals surface area contributed by atoms with Gasteiger partial charge < -0.3 is 4.55 Å². The zero-order chi connectivity index (χ0) is 23.8. The van der Waals surface area contributed by atoms with Gasteiger partial charge in [0.15, 0.2) is 15.3 Å². The van der Waals surface area contributed by atoms with Crippen LogP contribution in [0, 0.1) is 0 Å².